The van der Waals surface area contributed by atoms with E-state index in [0.717, 1.165) is 0 Å². The zero-order valence-electron chi connectivity index (χ0n) is 10.2. The van der Waals surface area contributed by atoms with Gasteiger partial charge >= 0.3 is 6.18 Å². The molecule has 0 saturated carbocycles. The van der Waals surface area contributed by atoms with E-state index in [1.165, 1.54) is 0 Å². The van der Waals surface area contributed by atoms with Crippen LogP contribution in [-0.4, -0.2) is 25.3 Å². The number of amides is 1. The summed E-state index contributed by atoms with van der Waals surface area (Å²) in [4.78, 5) is 11.4. The van der Waals surface area contributed by atoms with Crippen molar-refractivity contribution >= 4 is 17.3 Å². The normalized spacial score (nSPS) is 11.3. The van der Waals surface area contributed by atoms with Crippen molar-refractivity contribution in [3.05, 3.63) is 24.3 Å². The number of benzene rings is 1. The Morgan fingerprint density at radius 1 is 1.32 bits per heavy atom. The number of carbonyl (C=O) groups excluding carboxylic acids is 1. The molecule has 0 aliphatic carbocycles. The van der Waals surface area contributed by atoms with Crippen molar-refractivity contribution in [1.29, 1.82) is 0 Å². The molecule has 1 aromatic rings. The number of nitrogens with two attached hydrogens (primary N) is 1. The molecule has 1 rings (SSSR count). The van der Waals surface area contributed by atoms with Crippen LogP contribution in [0.25, 0.3) is 0 Å². The molecule has 1 amide bonds. The Morgan fingerprint density at radius 3 is 2.63 bits per heavy atom. The van der Waals surface area contributed by atoms with E-state index >= 15 is 0 Å². The fourth-order valence-electron chi connectivity index (χ4n) is 1.34. The van der Waals surface area contributed by atoms with Crippen LogP contribution in [0.2, 0.25) is 0 Å². The molecule has 19 heavy (non-hydrogen) atoms. The number of nitrogen functional groups attached to an aromatic ring is 1. The second-order valence-corrected chi connectivity index (χ2v) is 3.91. The van der Waals surface area contributed by atoms with Crippen molar-refractivity contribution in [1.82, 2.24) is 0 Å². The maximum atomic E-state index is 11.8. The van der Waals surface area contributed by atoms with E-state index in [1.54, 1.807) is 24.3 Å². The number of rotatable bonds is 6. The number of carbonyl (C=O) groups is 1. The molecule has 106 valence electrons. The maximum Gasteiger partial charge on any atom is 0.389 e. The second kappa shape index (κ2) is 6.98. The smallest absolute Gasteiger partial charge is 0.389 e. The molecule has 0 fully saturated rings. The van der Waals surface area contributed by atoms with Gasteiger partial charge in [-0.05, 0) is 18.6 Å². The molecule has 1 aromatic carbocycles. The number of hydrogen-bond acceptors (Lipinski definition) is 3. The molecule has 4 nitrogen and oxygen atoms in total. The molecular formula is C12H15F3N2O2. The van der Waals surface area contributed by atoms with Gasteiger partial charge in [0.2, 0.25) is 5.91 Å². The van der Waals surface area contributed by atoms with Crippen molar-refractivity contribution in [2.75, 3.05) is 24.3 Å². The first kappa shape index (κ1) is 15.3. The third kappa shape index (κ3) is 6.66. The molecule has 0 saturated heterocycles. The summed E-state index contributed by atoms with van der Waals surface area (Å²) in [6.45, 7) is -0.413. The Kier molecular flexibility index (Phi) is 5.62. The van der Waals surface area contributed by atoms with Crippen LogP contribution < -0.4 is 11.1 Å². The van der Waals surface area contributed by atoms with E-state index in [-0.39, 0.29) is 19.6 Å². The predicted molar refractivity (Wildman–Crippen MR) is 65.6 cm³/mol. The molecule has 0 bridgehead atoms. The molecule has 0 aromatic heterocycles. The lowest BCUT2D eigenvalue weighted by atomic mass is 10.3. The van der Waals surface area contributed by atoms with Gasteiger partial charge in [-0.2, -0.15) is 13.2 Å². The Hall–Kier alpha value is -1.76. The minimum atomic E-state index is -4.19. The van der Waals surface area contributed by atoms with Gasteiger partial charge in [0.1, 0.15) is 6.61 Å². The first-order chi connectivity index (χ1) is 8.88. The molecule has 0 heterocycles. The molecule has 0 aliphatic heterocycles. The standard InChI is InChI=1S/C12H15F3N2O2/c13-12(14,15)6-3-7-19-8-11(18)17-10-5-2-1-4-9(10)16/h1-2,4-5H,3,6-8,16H2,(H,17,18). The first-order valence-electron chi connectivity index (χ1n) is 5.67. The summed E-state index contributed by atoms with van der Waals surface area (Å²) in [6, 6.07) is 6.67. The van der Waals surface area contributed by atoms with Gasteiger partial charge in [-0.25, -0.2) is 0 Å². The molecule has 0 radical (unpaired) electrons. The fourth-order valence-corrected chi connectivity index (χ4v) is 1.34. The molecule has 0 aliphatic rings. The molecule has 3 N–H and O–H groups in total. The quantitative estimate of drug-likeness (QED) is 0.620. The minimum Gasteiger partial charge on any atom is -0.397 e. The number of anilines is 2. The van der Waals surface area contributed by atoms with Crippen LogP contribution in [0.3, 0.4) is 0 Å². The number of ether oxygens (including phenoxy) is 1. The van der Waals surface area contributed by atoms with E-state index in [1.807, 2.05) is 0 Å². The molecule has 0 spiro atoms. The van der Waals surface area contributed by atoms with Gasteiger partial charge in [0.25, 0.3) is 0 Å². The van der Waals surface area contributed by atoms with Crippen molar-refractivity contribution in [3.63, 3.8) is 0 Å². The highest BCUT2D eigenvalue weighted by atomic mass is 19.4. The fraction of sp³-hybridized carbons (Fsp3) is 0.417. The summed E-state index contributed by atoms with van der Waals surface area (Å²) < 4.78 is 40.3. The van der Waals surface area contributed by atoms with Crippen molar-refractivity contribution in [2.24, 2.45) is 0 Å². The molecule has 7 heteroatoms. The van der Waals surface area contributed by atoms with Crippen LogP contribution in [0, 0.1) is 0 Å². The Bertz CT molecular complexity index is 422. The molecular weight excluding hydrogens is 261 g/mol. The Labute approximate surface area is 108 Å². The number of alkyl halides is 3. The summed E-state index contributed by atoms with van der Waals surface area (Å²) in [5.41, 5.74) is 6.47. The van der Waals surface area contributed by atoms with E-state index in [2.05, 4.69) is 5.32 Å². The van der Waals surface area contributed by atoms with Gasteiger partial charge in [-0.3, -0.25) is 4.79 Å². The van der Waals surface area contributed by atoms with Crippen LogP contribution in [0.4, 0.5) is 24.5 Å². The minimum absolute atomic E-state index is 0.114. The monoisotopic (exact) mass is 276 g/mol. The third-order valence-electron chi connectivity index (χ3n) is 2.22. The third-order valence-corrected chi connectivity index (χ3v) is 2.22. The lowest BCUT2D eigenvalue weighted by Gasteiger charge is -2.09. The van der Waals surface area contributed by atoms with Gasteiger partial charge in [0, 0.05) is 13.0 Å². The lowest BCUT2D eigenvalue weighted by Crippen LogP contribution is -2.19. The Morgan fingerprint density at radius 2 is 2.00 bits per heavy atom. The van der Waals surface area contributed by atoms with Gasteiger partial charge in [0.15, 0.2) is 0 Å². The maximum absolute atomic E-state index is 11.8. The zero-order valence-corrected chi connectivity index (χ0v) is 10.2. The highest BCUT2D eigenvalue weighted by molar-refractivity contribution is 5.94. The zero-order chi connectivity index (χ0) is 14.3. The highest BCUT2D eigenvalue weighted by Gasteiger charge is 2.25. The van der Waals surface area contributed by atoms with Gasteiger partial charge in [0.05, 0.1) is 11.4 Å². The van der Waals surface area contributed by atoms with E-state index in [0.29, 0.717) is 11.4 Å². The number of halogens is 3. The van der Waals surface area contributed by atoms with Crippen LogP contribution >= 0.6 is 0 Å². The van der Waals surface area contributed by atoms with Gasteiger partial charge in [-0.1, -0.05) is 12.1 Å². The second-order valence-electron chi connectivity index (χ2n) is 3.91. The van der Waals surface area contributed by atoms with E-state index < -0.39 is 18.5 Å². The lowest BCUT2D eigenvalue weighted by molar-refractivity contribution is -0.138. The van der Waals surface area contributed by atoms with Crippen molar-refractivity contribution in [3.8, 4) is 0 Å². The van der Waals surface area contributed by atoms with Crippen molar-refractivity contribution < 1.29 is 22.7 Å². The average Bonchev–Trinajstić information content (AvgIpc) is 2.30. The first-order valence-corrected chi connectivity index (χ1v) is 5.67. The van der Waals surface area contributed by atoms with Crippen LogP contribution in [0.5, 0.6) is 0 Å². The number of para-hydroxylation sites is 2. The number of hydrogen-bond donors (Lipinski definition) is 2. The summed E-state index contributed by atoms with van der Waals surface area (Å²) >= 11 is 0. The van der Waals surface area contributed by atoms with Crippen LogP contribution in [-0.2, 0) is 9.53 Å². The summed E-state index contributed by atoms with van der Waals surface area (Å²) in [5, 5.41) is 2.51. The Balaban J connectivity index is 2.20. The summed E-state index contributed by atoms with van der Waals surface area (Å²) in [7, 11) is 0. The topological polar surface area (TPSA) is 64.3 Å². The highest BCUT2D eigenvalue weighted by Crippen LogP contribution is 2.21. The predicted octanol–water partition coefficient (Wildman–Crippen LogP) is 2.57. The largest absolute Gasteiger partial charge is 0.397 e. The van der Waals surface area contributed by atoms with Crippen LogP contribution in [0.1, 0.15) is 12.8 Å². The van der Waals surface area contributed by atoms with Crippen molar-refractivity contribution in [2.45, 2.75) is 19.0 Å². The molecule has 0 atom stereocenters. The number of nitrogens with one attached hydrogen (secondary N) is 1. The van der Waals surface area contributed by atoms with E-state index in [9.17, 15) is 18.0 Å². The van der Waals surface area contributed by atoms with Gasteiger partial charge < -0.3 is 15.8 Å². The summed E-state index contributed by atoms with van der Waals surface area (Å²) in [5.74, 6) is -0.454. The van der Waals surface area contributed by atoms with Crippen LogP contribution in [0.15, 0.2) is 24.3 Å². The summed E-state index contributed by atoms with van der Waals surface area (Å²) in [6.07, 6.45) is -5.27. The SMILES string of the molecule is Nc1ccccc1NC(=O)COCCCC(F)(F)F. The molecule has 0 unspecified atom stereocenters. The average molecular weight is 276 g/mol. The van der Waals surface area contributed by atoms with Gasteiger partial charge in [-0.15, -0.1) is 0 Å². The van der Waals surface area contributed by atoms with E-state index in [4.69, 9.17) is 10.5 Å².